The monoisotopic (exact) mass is 335 g/mol. The molecular formula is C18H22ClNO3. The Morgan fingerprint density at radius 1 is 1.30 bits per heavy atom. The highest BCUT2D eigenvalue weighted by atomic mass is 35.5. The summed E-state index contributed by atoms with van der Waals surface area (Å²) < 4.78 is 12.0. The van der Waals surface area contributed by atoms with E-state index < -0.39 is 0 Å². The van der Waals surface area contributed by atoms with Crippen molar-refractivity contribution in [3.05, 3.63) is 35.9 Å². The molecule has 5 atom stereocenters. The number of carbonyl (C=O) groups is 1. The van der Waals surface area contributed by atoms with Crippen LogP contribution in [0, 0.1) is 5.92 Å². The van der Waals surface area contributed by atoms with Crippen molar-refractivity contribution in [2.24, 2.45) is 5.92 Å². The summed E-state index contributed by atoms with van der Waals surface area (Å²) in [5.74, 6) is 1.23. The van der Waals surface area contributed by atoms with E-state index in [9.17, 15) is 4.79 Å². The van der Waals surface area contributed by atoms with Crippen molar-refractivity contribution in [1.82, 2.24) is 4.90 Å². The van der Waals surface area contributed by atoms with E-state index in [4.69, 9.17) is 21.1 Å². The van der Waals surface area contributed by atoms with E-state index in [1.54, 1.807) is 0 Å². The molecule has 3 saturated heterocycles. The molecule has 0 amide bonds. The zero-order chi connectivity index (χ0) is 15.8. The number of nitrogens with zero attached hydrogens (tertiary/aromatic N) is 1. The molecule has 23 heavy (non-hydrogen) atoms. The van der Waals surface area contributed by atoms with Gasteiger partial charge in [0.15, 0.2) is 12.1 Å². The molecule has 0 aromatic heterocycles. The number of benzene rings is 1. The van der Waals surface area contributed by atoms with Gasteiger partial charge in [-0.25, -0.2) is 0 Å². The molecule has 4 nitrogen and oxygen atoms in total. The van der Waals surface area contributed by atoms with Gasteiger partial charge in [-0.2, -0.15) is 0 Å². The van der Waals surface area contributed by atoms with Crippen molar-refractivity contribution >= 4 is 17.4 Å². The van der Waals surface area contributed by atoms with Crippen LogP contribution in [0.4, 0.5) is 0 Å². The Morgan fingerprint density at radius 2 is 2.13 bits per heavy atom. The van der Waals surface area contributed by atoms with Gasteiger partial charge in [0.2, 0.25) is 0 Å². The summed E-state index contributed by atoms with van der Waals surface area (Å²) in [7, 11) is 0. The number of ether oxygens (including phenoxy) is 2. The third-order valence-corrected chi connectivity index (χ3v) is 5.57. The highest BCUT2D eigenvalue weighted by Crippen LogP contribution is 2.47. The second kappa shape index (κ2) is 6.52. The fourth-order valence-electron chi connectivity index (χ4n) is 4.35. The van der Waals surface area contributed by atoms with Crippen molar-refractivity contribution in [3.8, 4) is 0 Å². The molecule has 0 radical (unpaired) electrons. The van der Waals surface area contributed by atoms with E-state index >= 15 is 0 Å². The van der Waals surface area contributed by atoms with Crippen molar-refractivity contribution in [1.29, 1.82) is 0 Å². The van der Waals surface area contributed by atoms with E-state index in [1.165, 1.54) is 5.56 Å². The van der Waals surface area contributed by atoms with Crippen LogP contribution in [0.5, 0.6) is 0 Å². The van der Waals surface area contributed by atoms with Crippen LogP contribution in [0.2, 0.25) is 0 Å². The van der Waals surface area contributed by atoms with Gasteiger partial charge in [0, 0.05) is 30.8 Å². The molecule has 0 saturated carbocycles. The predicted octanol–water partition coefficient (Wildman–Crippen LogP) is 2.59. The normalized spacial score (nSPS) is 35.9. The lowest BCUT2D eigenvalue weighted by atomic mass is 9.96. The second-order valence-electron chi connectivity index (χ2n) is 6.69. The van der Waals surface area contributed by atoms with Gasteiger partial charge in [0.25, 0.3) is 0 Å². The molecule has 0 unspecified atom stereocenters. The van der Waals surface area contributed by atoms with E-state index in [2.05, 4.69) is 17.0 Å². The van der Waals surface area contributed by atoms with Gasteiger partial charge in [-0.3, -0.25) is 9.69 Å². The maximum atomic E-state index is 12.4. The Labute approximate surface area is 141 Å². The average molecular weight is 336 g/mol. The maximum absolute atomic E-state index is 12.4. The summed E-state index contributed by atoms with van der Waals surface area (Å²) in [6.07, 6.45) is 2.03. The standard InChI is InChI=1S/C18H22ClNO3/c19-7-4-8-22-18-13-9-14-15(21)10-16(23-18)17(13)20(14)11-12-5-2-1-3-6-12/h1-3,5-6,13-14,16-18H,4,7-11H2/t13-,14-,16+,17+,18-/m1/s1. The number of alkyl halides is 1. The Bertz CT molecular complexity index is 567. The zero-order valence-electron chi connectivity index (χ0n) is 13.1. The fourth-order valence-corrected chi connectivity index (χ4v) is 4.46. The highest BCUT2D eigenvalue weighted by molar-refractivity contribution is 6.17. The Balaban J connectivity index is 1.51. The first-order valence-corrected chi connectivity index (χ1v) is 8.97. The van der Waals surface area contributed by atoms with Crippen molar-refractivity contribution in [3.63, 3.8) is 0 Å². The highest BCUT2D eigenvalue weighted by Gasteiger charge is 2.60. The molecule has 0 spiro atoms. The number of piperidine rings is 1. The van der Waals surface area contributed by atoms with E-state index in [-0.39, 0.29) is 18.4 Å². The Hall–Kier alpha value is -0.940. The number of carbonyl (C=O) groups excluding carboxylic acids is 1. The predicted molar refractivity (Wildman–Crippen MR) is 87.2 cm³/mol. The summed E-state index contributed by atoms with van der Waals surface area (Å²) in [6, 6.07) is 10.7. The lowest BCUT2D eigenvalue weighted by Gasteiger charge is -2.36. The minimum absolute atomic E-state index is 0.0176. The number of ketones is 1. The summed E-state index contributed by atoms with van der Waals surface area (Å²) in [4.78, 5) is 14.8. The topological polar surface area (TPSA) is 38.8 Å². The molecule has 3 aliphatic heterocycles. The number of hydrogen-bond acceptors (Lipinski definition) is 4. The summed E-state index contributed by atoms with van der Waals surface area (Å²) in [5, 5.41) is 0. The lowest BCUT2D eigenvalue weighted by molar-refractivity contribution is -0.166. The smallest absolute Gasteiger partial charge is 0.162 e. The molecule has 5 heteroatoms. The van der Waals surface area contributed by atoms with Gasteiger partial charge >= 0.3 is 0 Å². The summed E-state index contributed by atoms with van der Waals surface area (Å²) in [5.41, 5.74) is 1.25. The van der Waals surface area contributed by atoms with Crippen LogP contribution < -0.4 is 0 Å². The van der Waals surface area contributed by atoms with Gasteiger partial charge in [-0.05, 0) is 18.4 Å². The molecule has 4 rings (SSSR count). The number of halogens is 1. The molecule has 2 bridgehead atoms. The summed E-state index contributed by atoms with van der Waals surface area (Å²) in [6.45, 7) is 1.44. The molecule has 124 valence electrons. The number of fused-ring (bicyclic) bond motifs is 1. The summed E-state index contributed by atoms with van der Waals surface area (Å²) >= 11 is 5.72. The van der Waals surface area contributed by atoms with Gasteiger partial charge in [-0.15, -0.1) is 11.6 Å². The minimum atomic E-state index is -0.176. The lowest BCUT2D eigenvalue weighted by Crippen LogP contribution is -2.51. The van der Waals surface area contributed by atoms with Gasteiger partial charge < -0.3 is 9.47 Å². The van der Waals surface area contributed by atoms with E-state index in [0.717, 1.165) is 19.4 Å². The fraction of sp³-hybridized carbons (Fsp3) is 0.611. The average Bonchev–Trinajstić information content (AvgIpc) is 3.03. The zero-order valence-corrected chi connectivity index (χ0v) is 13.8. The molecule has 1 aromatic carbocycles. The Morgan fingerprint density at radius 3 is 2.91 bits per heavy atom. The van der Waals surface area contributed by atoms with Gasteiger partial charge in [-0.1, -0.05) is 30.3 Å². The van der Waals surface area contributed by atoms with Crippen LogP contribution >= 0.6 is 11.6 Å². The number of hydrogen-bond donors (Lipinski definition) is 0. The molecule has 0 aliphatic carbocycles. The quantitative estimate of drug-likeness (QED) is 0.591. The van der Waals surface area contributed by atoms with Crippen LogP contribution in [0.1, 0.15) is 24.8 Å². The molecular weight excluding hydrogens is 314 g/mol. The van der Waals surface area contributed by atoms with Crippen LogP contribution in [-0.2, 0) is 20.8 Å². The van der Waals surface area contributed by atoms with Crippen molar-refractivity contribution in [2.75, 3.05) is 12.5 Å². The number of Topliss-reactive ketones (excluding diaryl/α,β-unsaturated/α-hetero) is 1. The molecule has 1 aromatic rings. The van der Waals surface area contributed by atoms with Crippen LogP contribution in [-0.4, -0.2) is 47.6 Å². The first-order valence-electron chi connectivity index (χ1n) is 8.43. The molecule has 3 fully saturated rings. The Kier molecular flexibility index (Phi) is 4.41. The minimum Gasteiger partial charge on any atom is -0.352 e. The number of rotatable bonds is 6. The largest absolute Gasteiger partial charge is 0.352 e. The SMILES string of the molecule is O=C1C[C@@H]2O[C@@H](OCCCCl)[C@@H]3C[C@H]1N(Cc1ccccc1)[C@@H]32. The van der Waals surface area contributed by atoms with Crippen molar-refractivity contribution < 1.29 is 14.3 Å². The van der Waals surface area contributed by atoms with Gasteiger partial charge in [0.05, 0.1) is 18.8 Å². The van der Waals surface area contributed by atoms with E-state index in [0.29, 0.717) is 36.7 Å². The van der Waals surface area contributed by atoms with Gasteiger partial charge in [0.1, 0.15) is 0 Å². The maximum Gasteiger partial charge on any atom is 0.162 e. The van der Waals surface area contributed by atoms with Crippen molar-refractivity contribution in [2.45, 2.75) is 50.3 Å². The second-order valence-corrected chi connectivity index (χ2v) is 7.07. The third kappa shape index (κ3) is 2.82. The van der Waals surface area contributed by atoms with Crippen LogP contribution in [0.3, 0.4) is 0 Å². The van der Waals surface area contributed by atoms with E-state index in [1.807, 2.05) is 18.2 Å². The molecule has 3 heterocycles. The third-order valence-electron chi connectivity index (χ3n) is 5.30. The van der Waals surface area contributed by atoms with Crippen LogP contribution in [0.15, 0.2) is 30.3 Å². The molecule has 3 aliphatic rings. The molecule has 0 N–H and O–H groups in total. The first-order chi connectivity index (χ1) is 11.3. The first kappa shape index (κ1) is 15.6. The van der Waals surface area contributed by atoms with Crippen LogP contribution in [0.25, 0.3) is 0 Å².